The predicted octanol–water partition coefficient (Wildman–Crippen LogP) is 1.81. The first-order chi connectivity index (χ1) is 11.5. The molecular formula is C16H14N2O5S. The Morgan fingerprint density at radius 1 is 1.42 bits per heavy atom. The lowest BCUT2D eigenvalue weighted by Crippen LogP contribution is -2.28. The van der Waals surface area contributed by atoms with Gasteiger partial charge in [0.15, 0.2) is 12.4 Å². The van der Waals surface area contributed by atoms with E-state index in [9.17, 15) is 14.4 Å². The maximum atomic E-state index is 12.0. The van der Waals surface area contributed by atoms with Crippen LogP contribution >= 0.6 is 11.3 Å². The molecule has 7 nitrogen and oxygen atoms in total. The molecule has 0 aliphatic rings. The van der Waals surface area contributed by atoms with Gasteiger partial charge in [-0.25, -0.2) is 4.79 Å². The van der Waals surface area contributed by atoms with Crippen LogP contribution in [0.25, 0.3) is 0 Å². The molecule has 0 spiro atoms. The van der Waals surface area contributed by atoms with Gasteiger partial charge in [-0.15, -0.1) is 17.8 Å². The smallest absolute Gasteiger partial charge is 0.349 e. The number of esters is 1. The zero-order valence-electron chi connectivity index (χ0n) is 12.8. The highest BCUT2D eigenvalue weighted by Crippen LogP contribution is 2.27. The molecule has 2 heterocycles. The van der Waals surface area contributed by atoms with Crippen molar-refractivity contribution in [2.75, 3.05) is 18.5 Å². The maximum absolute atomic E-state index is 12.0. The van der Waals surface area contributed by atoms with Crippen LogP contribution in [-0.2, 0) is 9.53 Å². The van der Waals surface area contributed by atoms with Crippen molar-refractivity contribution >= 4 is 34.1 Å². The first kappa shape index (κ1) is 17.3. The lowest BCUT2D eigenvalue weighted by molar-refractivity contribution is -0.123. The Balaban J connectivity index is 1.95. The molecule has 124 valence electrons. The fourth-order valence-corrected chi connectivity index (χ4v) is 2.69. The van der Waals surface area contributed by atoms with E-state index < -0.39 is 24.4 Å². The van der Waals surface area contributed by atoms with E-state index in [1.54, 1.807) is 19.1 Å². The van der Waals surface area contributed by atoms with E-state index in [-0.39, 0.29) is 12.3 Å². The highest BCUT2D eigenvalue weighted by molar-refractivity contribution is 7.18. The average Bonchev–Trinajstić information content (AvgIpc) is 3.20. The Morgan fingerprint density at radius 3 is 2.88 bits per heavy atom. The number of furan rings is 1. The molecular weight excluding hydrogens is 332 g/mol. The van der Waals surface area contributed by atoms with Crippen molar-refractivity contribution < 1.29 is 23.5 Å². The molecule has 0 radical (unpaired) electrons. The van der Waals surface area contributed by atoms with E-state index in [0.29, 0.717) is 15.4 Å². The van der Waals surface area contributed by atoms with E-state index in [2.05, 4.69) is 16.6 Å². The number of nitrogens with one attached hydrogen (secondary N) is 2. The van der Waals surface area contributed by atoms with Crippen LogP contribution in [0.4, 0.5) is 5.00 Å². The van der Waals surface area contributed by atoms with E-state index in [0.717, 1.165) is 11.3 Å². The summed E-state index contributed by atoms with van der Waals surface area (Å²) >= 11 is 1.05. The van der Waals surface area contributed by atoms with Gasteiger partial charge in [0.2, 0.25) is 0 Å². The summed E-state index contributed by atoms with van der Waals surface area (Å²) in [4.78, 5) is 35.6. The molecule has 24 heavy (non-hydrogen) atoms. The molecule has 0 aliphatic carbocycles. The second-order valence-electron chi connectivity index (χ2n) is 4.61. The van der Waals surface area contributed by atoms with Crippen LogP contribution in [0.2, 0.25) is 0 Å². The summed E-state index contributed by atoms with van der Waals surface area (Å²) in [5.41, 5.74) is 0.628. The number of rotatable bonds is 6. The van der Waals surface area contributed by atoms with Gasteiger partial charge >= 0.3 is 5.97 Å². The molecule has 0 aromatic carbocycles. The number of aryl methyl sites for hydroxylation is 1. The van der Waals surface area contributed by atoms with Crippen molar-refractivity contribution in [1.29, 1.82) is 0 Å². The Morgan fingerprint density at radius 2 is 2.21 bits per heavy atom. The second kappa shape index (κ2) is 7.99. The van der Waals surface area contributed by atoms with Gasteiger partial charge in [-0.3, -0.25) is 9.59 Å². The number of thiophene rings is 1. The minimum atomic E-state index is -0.646. The van der Waals surface area contributed by atoms with Crippen molar-refractivity contribution in [3.8, 4) is 12.3 Å². The number of terminal acetylenes is 1. The van der Waals surface area contributed by atoms with Gasteiger partial charge < -0.3 is 19.8 Å². The molecule has 0 bridgehead atoms. The topological polar surface area (TPSA) is 97.6 Å². The normalized spacial score (nSPS) is 9.83. The summed E-state index contributed by atoms with van der Waals surface area (Å²) in [7, 11) is 0. The molecule has 2 aromatic heterocycles. The van der Waals surface area contributed by atoms with Crippen LogP contribution in [0.5, 0.6) is 0 Å². The van der Waals surface area contributed by atoms with Crippen LogP contribution in [-0.4, -0.2) is 30.9 Å². The molecule has 0 aliphatic heterocycles. The van der Waals surface area contributed by atoms with Gasteiger partial charge in [0.25, 0.3) is 11.8 Å². The summed E-state index contributed by atoms with van der Waals surface area (Å²) in [5.74, 6) is 0.852. The summed E-state index contributed by atoms with van der Waals surface area (Å²) in [6, 6.07) is 4.77. The Labute approximate surface area is 142 Å². The molecule has 2 aromatic rings. The highest BCUT2D eigenvalue weighted by atomic mass is 32.1. The van der Waals surface area contributed by atoms with Crippen LogP contribution in [0, 0.1) is 19.3 Å². The van der Waals surface area contributed by atoms with Crippen LogP contribution < -0.4 is 10.6 Å². The van der Waals surface area contributed by atoms with E-state index in [1.165, 1.54) is 12.3 Å². The lowest BCUT2D eigenvalue weighted by Gasteiger charge is -2.03. The quantitative estimate of drug-likeness (QED) is 0.614. The number of amides is 2. The molecule has 0 atom stereocenters. The first-order valence-corrected chi connectivity index (χ1v) is 7.65. The first-order valence-electron chi connectivity index (χ1n) is 6.84. The number of carbonyl (C=O) groups is 3. The number of ether oxygens (including phenoxy) is 1. The molecule has 2 N–H and O–H groups in total. The van der Waals surface area contributed by atoms with Gasteiger partial charge in [-0.2, -0.15) is 0 Å². The number of carbonyl (C=O) groups excluding carboxylic acids is 3. The Bertz CT molecular complexity index is 786. The van der Waals surface area contributed by atoms with E-state index in [4.69, 9.17) is 15.6 Å². The third kappa shape index (κ3) is 4.47. The molecule has 8 heteroatoms. The zero-order chi connectivity index (χ0) is 17.5. The van der Waals surface area contributed by atoms with Crippen molar-refractivity contribution in [2.24, 2.45) is 0 Å². The molecule has 2 amide bonds. The van der Waals surface area contributed by atoms with Gasteiger partial charge in [-0.1, -0.05) is 5.92 Å². The molecule has 2 rings (SSSR count). The van der Waals surface area contributed by atoms with Crippen molar-refractivity contribution in [1.82, 2.24) is 5.32 Å². The highest BCUT2D eigenvalue weighted by Gasteiger charge is 2.18. The lowest BCUT2D eigenvalue weighted by atomic mass is 10.3. The Kier molecular flexibility index (Phi) is 5.76. The molecule has 0 fully saturated rings. The monoisotopic (exact) mass is 346 g/mol. The van der Waals surface area contributed by atoms with Gasteiger partial charge in [0, 0.05) is 0 Å². The molecule has 0 unspecified atom stereocenters. The third-order valence-corrected chi connectivity index (χ3v) is 3.94. The fourth-order valence-electron chi connectivity index (χ4n) is 1.72. The van der Waals surface area contributed by atoms with Crippen LogP contribution in [0.3, 0.4) is 0 Å². The number of anilines is 1. The largest absolute Gasteiger partial charge is 0.459 e. The molecule has 0 saturated heterocycles. The maximum Gasteiger partial charge on any atom is 0.349 e. The molecule has 0 saturated carbocycles. The van der Waals surface area contributed by atoms with E-state index >= 15 is 0 Å². The standard InChI is InChI=1S/C16H14N2O5S/c1-3-6-17-12(19)9-23-16(21)14-10(2)8-13(24-14)18-15(20)11-5-4-7-22-11/h1,4-5,7-8H,6,9H2,2H3,(H,17,19)(H,18,20). The van der Waals surface area contributed by atoms with E-state index in [1.807, 2.05) is 0 Å². The third-order valence-electron chi connectivity index (χ3n) is 2.81. The number of hydrogen-bond acceptors (Lipinski definition) is 6. The van der Waals surface area contributed by atoms with Crippen molar-refractivity contribution in [3.05, 3.63) is 40.7 Å². The summed E-state index contributed by atoms with van der Waals surface area (Å²) in [6.45, 7) is 1.34. The summed E-state index contributed by atoms with van der Waals surface area (Å²) in [5, 5.41) is 5.48. The minimum Gasteiger partial charge on any atom is -0.459 e. The van der Waals surface area contributed by atoms with Gasteiger partial charge in [0.1, 0.15) is 4.88 Å². The fraction of sp³-hybridized carbons (Fsp3) is 0.188. The Hall–Kier alpha value is -3.05. The van der Waals surface area contributed by atoms with Crippen LogP contribution in [0.1, 0.15) is 25.8 Å². The second-order valence-corrected chi connectivity index (χ2v) is 5.66. The van der Waals surface area contributed by atoms with Gasteiger partial charge in [0.05, 0.1) is 17.8 Å². The minimum absolute atomic E-state index is 0.0668. The predicted molar refractivity (Wildman–Crippen MR) is 87.8 cm³/mol. The van der Waals surface area contributed by atoms with Gasteiger partial charge in [-0.05, 0) is 30.7 Å². The summed E-state index contributed by atoms with van der Waals surface area (Å²) in [6.07, 6.45) is 6.40. The van der Waals surface area contributed by atoms with Crippen molar-refractivity contribution in [3.63, 3.8) is 0 Å². The SMILES string of the molecule is C#CCNC(=O)COC(=O)c1sc(NC(=O)c2ccco2)cc1C. The number of hydrogen-bond donors (Lipinski definition) is 2. The van der Waals surface area contributed by atoms with Crippen LogP contribution in [0.15, 0.2) is 28.9 Å². The summed E-state index contributed by atoms with van der Waals surface area (Å²) < 4.78 is 9.91. The van der Waals surface area contributed by atoms with Crippen molar-refractivity contribution in [2.45, 2.75) is 6.92 Å². The zero-order valence-corrected chi connectivity index (χ0v) is 13.6. The average molecular weight is 346 g/mol.